The first-order valence-corrected chi connectivity index (χ1v) is 11.2. The second-order valence-corrected chi connectivity index (χ2v) is 8.10. The highest BCUT2D eigenvalue weighted by molar-refractivity contribution is 6.28. The number of anilines is 1. The average molecular weight is 452 g/mol. The number of hydrogen-bond acceptors (Lipinski definition) is 2. The summed E-state index contributed by atoms with van der Waals surface area (Å²) in [7, 11) is 0. The molecule has 0 spiro atoms. The maximum Gasteiger partial charge on any atom is 0.258 e. The molecule has 166 valence electrons. The second kappa shape index (κ2) is 9.51. The monoisotopic (exact) mass is 451 g/mol. The van der Waals surface area contributed by atoms with Crippen LogP contribution in [-0.4, -0.2) is 11.8 Å². The largest absolute Gasteiger partial charge is 0.269 e. The lowest BCUT2D eigenvalue weighted by molar-refractivity contribution is -0.119. The molecule has 0 bridgehead atoms. The molecule has 0 aromatic heterocycles. The van der Waals surface area contributed by atoms with Gasteiger partial charge in [0.15, 0.2) is 0 Å². The smallest absolute Gasteiger partial charge is 0.258 e. The molecule has 1 heterocycles. The van der Waals surface area contributed by atoms with Crippen LogP contribution in [0.1, 0.15) is 27.8 Å². The number of rotatable bonds is 5. The Bertz CT molecular complexity index is 1470. The van der Waals surface area contributed by atoms with Crippen molar-refractivity contribution in [3.05, 3.63) is 149 Å². The van der Waals surface area contributed by atoms with E-state index in [2.05, 4.69) is 30.2 Å². The topological polar surface area (TPSA) is 37.4 Å². The maximum atomic E-state index is 12.2. The van der Waals surface area contributed by atoms with E-state index in [0.29, 0.717) is 5.69 Å². The minimum absolute atomic E-state index is 0.333. The summed E-state index contributed by atoms with van der Waals surface area (Å²) in [5, 5.41) is 0. The van der Waals surface area contributed by atoms with Crippen molar-refractivity contribution < 1.29 is 9.59 Å². The molecule has 5 rings (SSSR count). The minimum Gasteiger partial charge on any atom is -0.269 e. The van der Waals surface area contributed by atoms with Gasteiger partial charge in [-0.05, 0) is 57.7 Å². The van der Waals surface area contributed by atoms with Gasteiger partial charge in [-0.2, -0.15) is 0 Å². The first-order valence-electron chi connectivity index (χ1n) is 11.2. The summed E-state index contributed by atoms with van der Waals surface area (Å²) in [5.41, 5.74) is 7.57. The first kappa shape index (κ1) is 21.9. The third kappa shape index (κ3) is 4.34. The second-order valence-electron chi connectivity index (χ2n) is 8.10. The molecule has 35 heavy (non-hydrogen) atoms. The number of amides is 2. The summed E-state index contributed by atoms with van der Waals surface area (Å²) < 4.78 is 0. The third-order valence-electron chi connectivity index (χ3n) is 5.94. The van der Waals surface area contributed by atoms with Crippen molar-refractivity contribution in [1.29, 1.82) is 0 Å². The predicted molar refractivity (Wildman–Crippen MR) is 140 cm³/mol. The lowest BCUT2D eigenvalue weighted by atomic mass is 9.85. The fraction of sp³-hybridized carbons (Fsp3) is 0. The van der Waals surface area contributed by atoms with Crippen molar-refractivity contribution in [1.82, 2.24) is 0 Å². The van der Waals surface area contributed by atoms with Crippen LogP contribution >= 0.6 is 0 Å². The third-order valence-corrected chi connectivity index (χ3v) is 5.94. The standard InChI is InChI=1S/C32H21NO2/c1-2-23-13-15-26(16-14-23)31(24-9-5-3-6-10-24)32(25-11-7-4-8-12-25)27-17-19-28(20-18-27)33-29(34)21-22-30(33)35/h1,3-22H/b32-31-. The highest BCUT2D eigenvalue weighted by Crippen LogP contribution is 2.37. The van der Waals surface area contributed by atoms with Gasteiger partial charge in [-0.25, -0.2) is 4.90 Å². The summed E-state index contributed by atoms with van der Waals surface area (Å²) in [5.74, 6) is 2.02. The van der Waals surface area contributed by atoms with Crippen molar-refractivity contribution in [3.8, 4) is 12.3 Å². The molecule has 3 heteroatoms. The van der Waals surface area contributed by atoms with Crippen LogP contribution in [0.5, 0.6) is 0 Å². The van der Waals surface area contributed by atoms with Gasteiger partial charge in [-0.3, -0.25) is 9.59 Å². The fourth-order valence-corrected chi connectivity index (χ4v) is 4.29. The zero-order valence-electron chi connectivity index (χ0n) is 18.9. The number of hydrogen-bond donors (Lipinski definition) is 0. The van der Waals surface area contributed by atoms with E-state index in [1.807, 2.05) is 84.9 Å². The summed E-state index contributed by atoms with van der Waals surface area (Å²) in [6, 6.07) is 35.9. The maximum absolute atomic E-state index is 12.2. The van der Waals surface area contributed by atoms with Crippen LogP contribution < -0.4 is 4.90 Å². The molecule has 3 nitrogen and oxygen atoms in total. The van der Waals surface area contributed by atoms with E-state index in [4.69, 9.17) is 6.42 Å². The van der Waals surface area contributed by atoms with E-state index in [1.54, 1.807) is 0 Å². The fourth-order valence-electron chi connectivity index (χ4n) is 4.29. The zero-order valence-corrected chi connectivity index (χ0v) is 18.9. The van der Waals surface area contributed by atoms with E-state index in [-0.39, 0.29) is 11.8 Å². The van der Waals surface area contributed by atoms with Gasteiger partial charge in [0.05, 0.1) is 5.69 Å². The minimum atomic E-state index is -0.333. The van der Waals surface area contributed by atoms with E-state index < -0.39 is 0 Å². The number of terminal acetylenes is 1. The van der Waals surface area contributed by atoms with E-state index in [1.165, 1.54) is 17.1 Å². The quantitative estimate of drug-likeness (QED) is 0.209. The Balaban J connectivity index is 1.74. The molecule has 0 unspecified atom stereocenters. The number of carbonyl (C=O) groups is 2. The molecule has 0 fully saturated rings. The molecule has 1 aliphatic rings. The zero-order chi connectivity index (χ0) is 24.2. The Hall–Kier alpha value is -4.94. The first-order chi connectivity index (χ1) is 17.2. The molecule has 0 saturated heterocycles. The van der Waals surface area contributed by atoms with Crippen molar-refractivity contribution in [3.63, 3.8) is 0 Å². The van der Waals surface area contributed by atoms with E-state index in [9.17, 15) is 9.59 Å². The molecule has 0 saturated carbocycles. The number of nitrogens with zero attached hydrogens (tertiary/aromatic N) is 1. The van der Waals surface area contributed by atoms with Crippen molar-refractivity contribution in [2.75, 3.05) is 4.90 Å². The van der Waals surface area contributed by atoms with Crippen LogP contribution in [0.25, 0.3) is 11.1 Å². The van der Waals surface area contributed by atoms with Gasteiger partial charge in [0.25, 0.3) is 11.8 Å². The average Bonchev–Trinajstić information content (AvgIpc) is 3.26. The Kier molecular flexibility index (Phi) is 5.94. The van der Waals surface area contributed by atoms with Gasteiger partial charge in [0, 0.05) is 17.7 Å². The van der Waals surface area contributed by atoms with Gasteiger partial charge >= 0.3 is 0 Å². The van der Waals surface area contributed by atoms with Gasteiger partial charge in [-0.1, -0.05) is 90.8 Å². The van der Waals surface area contributed by atoms with Crippen LogP contribution in [0.2, 0.25) is 0 Å². The molecular formula is C32H21NO2. The Labute approximate surface area is 204 Å². The van der Waals surface area contributed by atoms with Crippen LogP contribution in [-0.2, 0) is 9.59 Å². The lowest BCUT2D eigenvalue weighted by Crippen LogP contribution is -2.29. The highest BCUT2D eigenvalue weighted by Gasteiger charge is 2.25. The SMILES string of the molecule is C#Cc1ccc(/C(=C(/c2ccccc2)c2ccc(N3C(=O)C=CC3=O)cc2)c2ccccc2)cc1. The van der Waals surface area contributed by atoms with E-state index in [0.717, 1.165) is 39.0 Å². The number of benzene rings is 4. The lowest BCUT2D eigenvalue weighted by Gasteiger charge is -2.19. The predicted octanol–water partition coefficient (Wildman–Crippen LogP) is 6.10. The summed E-state index contributed by atoms with van der Waals surface area (Å²) in [6.45, 7) is 0. The van der Waals surface area contributed by atoms with Gasteiger partial charge in [0.2, 0.25) is 0 Å². The summed E-state index contributed by atoms with van der Waals surface area (Å²) in [6.07, 6.45) is 8.18. The Morgan fingerprint density at radius 2 is 0.943 bits per heavy atom. The van der Waals surface area contributed by atoms with Gasteiger partial charge in [-0.15, -0.1) is 6.42 Å². The van der Waals surface area contributed by atoms with E-state index >= 15 is 0 Å². The number of carbonyl (C=O) groups excluding carboxylic acids is 2. The van der Waals surface area contributed by atoms with Gasteiger partial charge < -0.3 is 0 Å². The van der Waals surface area contributed by atoms with Crippen molar-refractivity contribution >= 4 is 28.6 Å². The molecule has 4 aromatic rings. The number of imide groups is 1. The van der Waals surface area contributed by atoms with Crippen LogP contribution in [0.15, 0.2) is 121 Å². The normalized spacial score (nSPS) is 13.5. The van der Waals surface area contributed by atoms with Crippen molar-refractivity contribution in [2.24, 2.45) is 0 Å². The molecule has 0 N–H and O–H groups in total. The Morgan fingerprint density at radius 1 is 0.543 bits per heavy atom. The molecular weight excluding hydrogens is 430 g/mol. The highest BCUT2D eigenvalue weighted by atomic mass is 16.2. The van der Waals surface area contributed by atoms with Crippen LogP contribution in [0, 0.1) is 12.3 Å². The molecule has 0 radical (unpaired) electrons. The van der Waals surface area contributed by atoms with Gasteiger partial charge in [0.1, 0.15) is 0 Å². The van der Waals surface area contributed by atoms with Crippen molar-refractivity contribution in [2.45, 2.75) is 0 Å². The van der Waals surface area contributed by atoms with Crippen LogP contribution in [0.4, 0.5) is 5.69 Å². The summed E-state index contributed by atoms with van der Waals surface area (Å²) >= 11 is 0. The molecule has 4 aromatic carbocycles. The molecule has 1 aliphatic heterocycles. The molecule has 0 aliphatic carbocycles. The Morgan fingerprint density at radius 3 is 1.37 bits per heavy atom. The van der Waals surface area contributed by atoms with Crippen LogP contribution in [0.3, 0.4) is 0 Å². The summed E-state index contributed by atoms with van der Waals surface area (Å²) in [4.78, 5) is 25.5. The molecule has 0 atom stereocenters. The molecule has 2 amide bonds.